The maximum atomic E-state index is 13.1. The summed E-state index contributed by atoms with van der Waals surface area (Å²) in [7, 11) is -1.99. The fourth-order valence-electron chi connectivity index (χ4n) is 3.52. The van der Waals surface area contributed by atoms with Gasteiger partial charge in [-0.15, -0.1) is 0 Å². The molecule has 9 heteroatoms. The Hall–Kier alpha value is -1.69. The normalized spacial score (nSPS) is 18.2. The second kappa shape index (κ2) is 9.63. The third-order valence-electron chi connectivity index (χ3n) is 5.23. The van der Waals surface area contributed by atoms with Crippen molar-refractivity contribution >= 4 is 44.2 Å². The van der Waals surface area contributed by atoms with Crippen LogP contribution in [0.5, 0.6) is 5.75 Å². The average Bonchev–Trinajstić information content (AvgIpc) is 2.73. The summed E-state index contributed by atoms with van der Waals surface area (Å²) in [6, 6.07) is 11.4. The van der Waals surface area contributed by atoms with Crippen LogP contribution >= 0.6 is 22.6 Å². The lowest BCUT2D eigenvalue weighted by Gasteiger charge is -2.38. The van der Waals surface area contributed by atoms with Crippen molar-refractivity contribution in [1.29, 1.82) is 0 Å². The number of carbonyl (C=O) groups excluding carboxylic acids is 1. The number of likely N-dealkylation sites (N-methyl/N-ethyl adjacent to an activating group) is 1. The van der Waals surface area contributed by atoms with Gasteiger partial charge < -0.3 is 15.0 Å². The van der Waals surface area contributed by atoms with Crippen molar-refractivity contribution in [1.82, 2.24) is 9.21 Å². The number of piperazine rings is 1. The summed E-state index contributed by atoms with van der Waals surface area (Å²) in [5.41, 5.74) is 1.04. The van der Waals surface area contributed by atoms with Gasteiger partial charge in [0.1, 0.15) is 5.75 Å². The molecule has 0 radical (unpaired) electrons. The van der Waals surface area contributed by atoms with Crippen LogP contribution in [0.3, 0.4) is 0 Å². The Bertz CT molecular complexity index is 1010. The fourth-order valence-corrected chi connectivity index (χ4v) is 5.87. The zero-order valence-corrected chi connectivity index (χ0v) is 20.2. The molecule has 3 rings (SSSR count). The molecule has 30 heavy (non-hydrogen) atoms. The maximum absolute atomic E-state index is 13.1. The first-order chi connectivity index (χ1) is 14.3. The van der Waals surface area contributed by atoms with Crippen molar-refractivity contribution in [3.8, 4) is 5.75 Å². The number of anilines is 1. The molecule has 7 nitrogen and oxygen atoms in total. The van der Waals surface area contributed by atoms with Crippen LogP contribution in [0.4, 0.5) is 5.69 Å². The quantitative estimate of drug-likeness (QED) is 0.567. The highest BCUT2D eigenvalue weighted by molar-refractivity contribution is 14.1. The number of benzene rings is 2. The van der Waals surface area contributed by atoms with Gasteiger partial charge >= 0.3 is 0 Å². The van der Waals surface area contributed by atoms with Gasteiger partial charge in [-0.25, -0.2) is 8.42 Å². The summed E-state index contributed by atoms with van der Waals surface area (Å²) in [5.74, 6) is 0.436. The molecule has 0 spiro atoms. The first-order valence-electron chi connectivity index (χ1n) is 9.75. The summed E-state index contributed by atoms with van der Waals surface area (Å²) in [6.45, 7) is 6.87. The van der Waals surface area contributed by atoms with Crippen LogP contribution < -0.4 is 10.1 Å². The third-order valence-corrected chi connectivity index (χ3v) is 8.10. The van der Waals surface area contributed by atoms with Crippen molar-refractivity contribution in [2.45, 2.75) is 24.8 Å². The number of rotatable bonds is 6. The molecule has 1 aliphatic heterocycles. The van der Waals surface area contributed by atoms with Gasteiger partial charge in [-0.2, -0.15) is 4.31 Å². The molecule has 0 aliphatic carbocycles. The molecule has 1 aliphatic rings. The molecule has 1 saturated heterocycles. The van der Waals surface area contributed by atoms with Gasteiger partial charge in [0, 0.05) is 36.9 Å². The monoisotopic (exact) mass is 543 g/mol. The first kappa shape index (κ1) is 23.0. The maximum Gasteiger partial charge on any atom is 0.255 e. The van der Waals surface area contributed by atoms with Gasteiger partial charge in [0.2, 0.25) is 10.0 Å². The highest BCUT2D eigenvalue weighted by Crippen LogP contribution is 2.24. The van der Waals surface area contributed by atoms with Gasteiger partial charge in [0.05, 0.1) is 15.6 Å². The van der Waals surface area contributed by atoms with E-state index in [1.807, 2.05) is 6.92 Å². The molecule has 1 atom stereocenters. The summed E-state index contributed by atoms with van der Waals surface area (Å²) in [4.78, 5) is 15.0. The van der Waals surface area contributed by atoms with Crippen LogP contribution in [0.2, 0.25) is 0 Å². The number of nitrogens with zero attached hydrogens (tertiary/aromatic N) is 2. The van der Waals surface area contributed by atoms with Crippen LogP contribution in [-0.4, -0.2) is 62.9 Å². The van der Waals surface area contributed by atoms with Gasteiger partial charge in [0.25, 0.3) is 5.91 Å². The van der Waals surface area contributed by atoms with Crippen LogP contribution in [-0.2, 0) is 10.0 Å². The molecule has 1 fully saturated rings. The Labute approximate surface area is 191 Å². The zero-order valence-electron chi connectivity index (χ0n) is 17.3. The van der Waals surface area contributed by atoms with Crippen molar-refractivity contribution < 1.29 is 17.9 Å². The second-order valence-electron chi connectivity index (χ2n) is 7.19. The van der Waals surface area contributed by atoms with E-state index >= 15 is 0 Å². The molecule has 0 unspecified atom stereocenters. The van der Waals surface area contributed by atoms with Crippen molar-refractivity contribution in [3.63, 3.8) is 0 Å². The highest BCUT2D eigenvalue weighted by atomic mass is 127. The number of sulfonamides is 1. The molecule has 2 aromatic rings. The molecule has 0 saturated carbocycles. The van der Waals surface area contributed by atoms with Crippen molar-refractivity contribution in [2.24, 2.45) is 0 Å². The van der Waals surface area contributed by atoms with Crippen LogP contribution in [0, 0.1) is 3.57 Å². The summed E-state index contributed by atoms with van der Waals surface area (Å²) in [6.07, 6.45) is 0. The summed E-state index contributed by atoms with van der Waals surface area (Å²) >= 11 is 2.11. The number of methoxy groups -OCH3 is 1. The van der Waals surface area contributed by atoms with E-state index in [4.69, 9.17) is 4.74 Å². The SMILES string of the molecule is CCN1CCN(S(=O)(=O)c2ccc(NC(=O)c3ccc(OC)c(I)c3)cc2)[C@@H](C)C1. The number of amides is 1. The largest absolute Gasteiger partial charge is 0.496 e. The number of halogens is 1. The zero-order chi connectivity index (χ0) is 21.9. The minimum atomic E-state index is -3.57. The lowest BCUT2D eigenvalue weighted by atomic mass is 10.2. The smallest absolute Gasteiger partial charge is 0.255 e. The molecule has 2 aromatic carbocycles. The molecular formula is C21H26IN3O4S. The van der Waals surface area contributed by atoms with E-state index in [2.05, 4.69) is 39.7 Å². The fraction of sp³-hybridized carbons (Fsp3) is 0.381. The van der Waals surface area contributed by atoms with E-state index < -0.39 is 10.0 Å². The number of ether oxygens (including phenoxy) is 1. The first-order valence-corrected chi connectivity index (χ1v) is 12.3. The van der Waals surface area contributed by atoms with Gasteiger partial charge in [-0.05, 0) is 78.5 Å². The molecule has 162 valence electrons. The molecule has 1 N–H and O–H groups in total. The highest BCUT2D eigenvalue weighted by Gasteiger charge is 2.33. The van der Waals surface area contributed by atoms with E-state index in [0.717, 1.165) is 23.2 Å². The van der Waals surface area contributed by atoms with E-state index in [0.29, 0.717) is 23.5 Å². The van der Waals surface area contributed by atoms with Crippen LogP contribution in [0.15, 0.2) is 47.4 Å². The molecule has 0 aromatic heterocycles. The second-order valence-corrected chi connectivity index (χ2v) is 10.2. The minimum Gasteiger partial charge on any atom is -0.496 e. The third kappa shape index (κ3) is 4.96. The van der Waals surface area contributed by atoms with Crippen molar-refractivity contribution in [2.75, 3.05) is 38.6 Å². The molecule has 1 heterocycles. The number of carbonyl (C=O) groups is 1. The minimum absolute atomic E-state index is 0.0828. The predicted octanol–water partition coefficient (Wildman–Crippen LogP) is 3.27. The predicted molar refractivity (Wildman–Crippen MR) is 126 cm³/mol. The number of nitrogens with one attached hydrogen (secondary N) is 1. The Balaban J connectivity index is 1.71. The van der Waals surface area contributed by atoms with E-state index in [1.165, 1.54) is 0 Å². The number of hydrogen-bond donors (Lipinski definition) is 1. The lowest BCUT2D eigenvalue weighted by molar-refractivity contribution is 0.102. The van der Waals surface area contributed by atoms with E-state index in [1.54, 1.807) is 53.9 Å². The van der Waals surface area contributed by atoms with Gasteiger partial charge in [-0.3, -0.25) is 4.79 Å². The topological polar surface area (TPSA) is 79.0 Å². The summed E-state index contributed by atoms with van der Waals surface area (Å²) < 4.78 is 33.7. The van der Waals surface area contributed by atoms with Crippen molar-refractivity contribution in [3.05, 3.63) is 51.6 Å². The van der Waals surface area contributed by atoms with Crippen LogP contribution in [0.25, 0.3) is 0 Å². The Morgan fingerprint density at radius 2 is 1.90 bits per heavy atom. The standard InChI is InChI=1S/C21H26IN3O4S/c1-4-24-11-12-25(15(2)14-24)30(27,28)18-8-6-17(7-9-18)23-21(26)16-5-10-20(29-3)19(22)13-16/h5-10,13,15H,4,11-12,14H2,1-3H3,(H,23,26)/t15-/m0/s1. The number of hydrogen-bond acceptors (Lipinski definition) is 5. The van der Waals surface area contributed by atoms with Crippen LogP contribution in [0.1, 0.15) is 24.2 Å². The lowest BCUT2D eigenvalue weighted by Crippen LogP contribution is -2.53. The Morgan fingerprint density at radius 3 is 2.47 bits per heavy atom. The Morgan fingerprint density at radius 1 is 1.20 bits per heavy atom. The van der Waals surface area contributed by atoms with E-state index in [9.17, 15) is 13.2 Å². The molecule has 0 bridgehead atoms. The molecular weight excluding hydrogens is 517 g/mol. The van der Waals surface area contributed by atoms with E-state index in [-0.39, 0.29) is 16.8 Å². The Kier molecular flexibility index (Phi) is 7.38. The van der Waals surface area contributed by atoms with Gasteiger partial charge in [-0.1, -0.05) is 6.92 Å². The van der Waals surface area contributed by atoms with Gasteiger partial charge in [0.15, 0.2) is 0 Å². The summed E-state index contributed by atoms with van der Waals surface area (Å²) in [5, 5.41) is 2.81. The molecule has 1 amide bonds. The average molecular weight is 543 g/mol.